The first-order chi connectivity index (χ1) is 14.2. The van der Waals surface area contributed by atoms with Crippen LogP contribution < -0.4 is 10.6 Å². The second kappa shape index (κ2) is 9.17. The van der Waals surface area contributed by atoms with Crippen LogP contribution in [0.4, 0.5) is 0 Å². The Bertz CT molecular complexity index is 835. The Hall–Kier alpha value is -2.74. The molecule has 2 saturated heterocycles. The van der Waals surface area contributed by atoms with Gasteiger partial charge in [-0.1, -0.05) is 17.3 Å². The molecular weight excluding hydrogens is 368 g/mol. The molecule has 2 aromatic rings. The zero-order valence-corrected chi connectivity index (χ0v) is 16.6. The Balaban J connectivity index is 1.30. The minimum absolute atomic E-state index is 0.0924. The van der Waals surface area contributed by atoms with Crippen molar-refractivity contribution in [2.75, 3.05) is 26.2 Å². The van der Waals surface area contributed by atoms with Crippen LogP contribution in [0.5, 0.6) is 0 Å². The van der Waals surface area contributed by atoms with Crippen molar-refractivity contribution in [1.29, 1.82) is 0 Å². The molecule has 2 amide bonds. The van der Waals surface area contributed by atoms with Crippen LogP contribution in [0.2, 0.25) is 0 Å². The van der Waals surface area contributed by atoms with Crippen LogP contribution in [0, 0.1) is 0 Å². The molecule has 1 aromatic carbocycles. The van der Waals surface area contributed by atoms with Gasteiger partial charge in [-0.3, -0.25) is 9.59 Å². The molecule has 0 bridgehead atoms. The number of nitrogens with zero attached hydrogens (tertiary/aromatic N) is 4. The summed E-state index contributed by atoms with van der Waals surface area (Å²) < 4.78 is 1.80. The number of aromatic nitrogens is 3. The van der Waals surface area contributed by atoms with Crippen LogP contribution in [-0.2, 0) is 6.54 Å². The zero-order valence-electron chi connectivity index (χ0n) is 16.6. The maximum Gasteiger partial charge on any atom is 0.273 e. The standard InChI is InChI=1S/C21H28N6O2/c28-20(19-15-27(25-24-19)18-8-10-22-11-9-18)23-14-16-4-6-17(7-5-16)21(29)26-12-2-1-3-13-26/h4-7,15,18,22H,1-3,8-14H2,(H,23,28). The normalized spacial score (nSPS) is 17.9. The lowest BCUT2D eigenvalue weighted by Gasteiger charge is -2.26. The van der Waals surface area contributed by atoms with Crippen molar-refractivity contribution in [3.05, 3.63) is 47.3 Å². The molecule has 2 N–H and O–H groups in total. The number of piperidine rings is 2. The van der Waals surface area contributed by atoms with Crippen LogP contribution >= 0.6 is 0 Å². The highest BCUT2D eigenvalue weighted by Crippen LogP contribution is 2.17. The van der Waals surface area contributed by atoms with Gasteiger partial charge in [-0.05, 0) is 62.9 Å². The maximum absolute atomic E-state index is 12.5. The Labute approximate surface area is 170 Å². The quantitative estimate of drug-likeness (QED) is 0.803. The fourth-order valence-corrected chi connectivity index (χ4v) is 3.95. The molecule has 0 spiro atoms. The van der Waals surface area contributed by atoms with Crippen LogP contribution in [0.1, 0.15) is 64.6 Å². The summed E-state index contributed by atoms with van der Waals surface area (Å²) in [5, 5.41) is 14.3. The lowest BCUT2D eigenvalue weighted by molar-refractivity contribution is 0.0724. The van der Waals surface area contributed by atoms with Crippen molar-refractivity contribution in [2.24, 2.45) is 0 Å². The third-order valence-corrected chi connectivity index (χ3v) is 5.72. The van der Waals surface area contributed by atoms with E-state index < -0.39 is 0 Å². The van der Waals surface area contributed by atoms with Crippen molar-refractivity contribution in [2.45, 2.75) is 44.7 Å². The first kappa shape index (κ1) is 19.6. The Morgan fingerprint density at radius 3 is 2.52 bits per heavy atom. The van der Waals surface area contributed by atoms with Gasteiger partial charge in [0.2, 0.25) is 0 Å². The van der Waals surface area contributed by atoms with E-state index >= 15 is 0 Å². The van der Waals surface area contributed by atoms with Crippen LogP contribution in [0.3, 0.4) is 0 Å². The number of carbonyl (C=O) groups is 2. The van der Waals surface area contributed by atoms with Crippen LogP contribution in [-0.4, -0.2) is 57.9 Å². The third kappa shape index (κ3) is 4.82. The molecule has 0 atom stereocenters. The average molecular weight is 396 g/mol. The number of nitrogens with one attached hydrogen (secondary N) is 2. The molecular formula is C21H28N6O2. The summed E-state index contributed by atoms with van der Waals surface area (Å²) in [5.74, 6) is -0.145. The monoisotopic (exact) mass is 396 g/mol. The van der Waals surface area contributed by atoms with Gasteiger partial charge in [0.05, 0.1) is 12.2 Å². The van der Waals surface area contributed by atoms with Gasteiger partial charge < -0.3 is 15.5 Å². The number of carbonyl (C=O) groups excluding carboxylic acids is 2. The predicted octanol–water partition coefficient (Wildman–Crippen LogP) is 1.76. The van der Waals surface area contributed by atoms with Crippen molar-refractivity contribution >= 4 is 11.8 Å². The molecule has 2 aliphatic rings. The van der Waals surface area contributed by atoms with Gasteiger partial charge in [0.1, 0.15) is 0 Å². The third-order valence-electron chi connectivity index (χ3n) is 5.72. The van der Waals surface area contributed by atoms with Gasteiger partial charge in [0.15, 0.2) is 5.69 Å². The fraction of sp³-hybridized carbons (Fsp3) is 0.524. The molecule has 4 rings (SSSR count). The second-order valence-corrected chi connectivity index (χ2v) is 7.80. The molecule has 8 nitrogen and oxygen atoms in total. The highest BCUT2D eigenvalue weighted by atomic mass is 16.2. The molecule has 3 heterocycles. The van der Waals surface area contributed by atoms with E-state index in [-0.39, 0.29) is 11.8 Å². The molecule has 1 aromatic heterocycles. The minimum Gasteiger partial charge on any atom is -0.347 e. The lowest BCUT2D eigenvalue weighted by atomic mass is 10.1. The van der Waals surface area contributed by atoms with Gasteiger partial charge in [0.25, 0.3) is 11.8 Å². The minimum atomic E-state index is -0.237. The van der Waals surface area contributed by atoms with Crippen LogP contribution in [0.25, 0.3) is 0 Å². The van der Waals surface area contributed by atoms with E-state index in [1.54, 1.807) is 10.9 Å². The number of benzene rings is 1. The molecule has 0 unspecified atom stereocenters. The summed E-state index contributed by atoms with van der Waals surface area (Å²) in [6.45, 7) is 3.99. The van der Waals surface area contributed by atoms with Crippen molar-refractivity contribution < 1.29 is 9.59 Å². The number of hydrogen-bond acceptors (Lipinski definition) is 5. The van der Waals surface area contributed by atoms with Crippen molar-refractivity contribution in [3.8, 4) is 0 Å². The average Bonchev–Trinajstić information content (AvgIpc) is 3.29. The number of hydrogen-bond donors (Lipinski definition) is 2. The summed E-state index contributed by atoms with van der Waals surface area (Å²) in [4.78, 5) is 26.8. The second-order valence-electron chi connectivity index (χ2n) is 7.80. The van der Waals surface area contributed by atoms with Crippen LogP contribution in [0.15, 0.2) is 30.5 Å². The highest BCUT2D eigenvalue weighted by molar-refractivity contribution is 5.94. The van der Waals surface area contributed by atoms with E-state index in [1.807, 2.05) is 29.2 Å². The van der Waals surface area contributed by atoms with Gasteiger partial charge in [0, 0.05) is 25.2 Å². The lowest BCUT2D eigenvalue weighted by Crippen LogP contribution is -2.35. The number of rotatable bonds is 5. The predicted molar refractivity (Wildman–Crippen MR) is 109 cm³/mol. The first-order valence-corrected chi connectivity index (χ1v) is 10.5. The molecule has 0 aliphatic carbocycles. The summed E-state index contributed by atoms with van der Waals surface area (Å²) in [6.07, 6.45) is 7.08. The SMILES string of the molecule is O=C(NCc1ccc(C(=O)N2CCCCC2)cc1)c1cn(C2CCNCC2)nn1. The molecule has 8 heteroatoms. The van der Waals surface area contributed by atoms with Crippen molar-refractivity contribution in [1.82, 2.24) is 30.5 Å². The van der Waals surface area contributed by atoms with E-state index in [4.69, 9.17) is 0 Å². The number of likely N-dealkylation sites (tertiary alicyclic amines) is 1. The van der Waals surface area contributed by atoms with E-state index in [0.29, 0.717) is 23.8 Å². The molecule has 0 radical (unpaired) electrons. The maximum atomic E-state index is 12.5. The van der Waals surface area contributed by atoms with Crippen molar-refractivity contribution in [3.63, 3.8) is 0 Å². The Morgan fingerprint density at radius 2 is 1.79 bits per heavy atom. The molecule has 154 valence electrons. The topological polar surface area (TPSA) is 92.2 Å². The Kier molecular flexibility index (Phi) is 6.19. The van der Waals surface area contributed by atoms with Gasteiger partial charge in [-0.15, -0.1) is 5.10 Å². The Morgan fingerprint density at radius 1 is 1.07 bits per heavy atom. The fourth-order valence-electron chi connectivity index (χ4n) is 3.95. The molecule has 0 saturated carbocycles. The van der Waals surface area contributed by atoms with Gasteiger partial charge >= 0.3 is 0 Å². The summed E-state index contributed by atoms with van der Waals surface area (Å²) >= 11 is 0. The van der Waals surface area contributed by atoms with E-state index in [2.05, 4.69) is 20.9 Å². The largest absolute Gasteiger partial charge is 0.347 e. The van der Waals surface area contributed by atoms with Gasteiger partial charge in [-0.2, -0.15) is 0 Å². The smallest absolute Gasteiger partial charge is 0.273 e. The molecule has 2 aliphatic heterocycles. The van der Waals surface area contributed by atoms with E-state index in [0.717, 1.165) is 57.4 Å². The zero-order chi connectivity index (χ0) is 20.1. The summed E-state index contributed by atoms with van der Waals surface area (Å²) in [5.41, 5.74) is 1.98. The summed E-state index contributed by atoms with van der Waals surface area (Å²) in [7, 11) is 0. The molecule has 2 fully saturated rings. The van der Waals surface area contributed by atoms with E-state index in [9.17, 15) is 9.59 Å². The first-order valence-electron chi connectivity index (χ1n) is 10.5. The van der Waals surface area contributed by atoms with E-state index in [1.165, 1.54) is 6.42 Å². The summed E-state index contributed by atoms with van der Waals surface area (Å²) in [6, 6.07) is 7.76. The molecule has 29 heavy (non-hydrogen) atoms. The number of amides is 2. The highest BCUT2D eigenvalue weighted by Gasteiger charge is 2.19. The van der Waals surface area contributed by atoms with Gasteiger partial charge in [-0.25, -0.2) is 4.68 Å².